The predicted molar refractivity (Wildman–Crippen MR) is 109 cm³/mol. The van der Waals surface area contributed by atoms with E-state index in [1.54, 1.807) is 7.11 Å². The summed E-state index contributed by atoms with van der Waals surface area (Å²) in [5.41, 5.74) is 2.22. The third-order valence-electron chi connectivity index (χ3n) is 5.68. The van der Waals surface area contributed by atoms with Gasteiger partial charge in [-0.1, -0.05) is 47.6 Å². The Morgan fingerprint density at radius 2 is 1.74 bits per heavy atom. The van der Waals surface area contributed by atoms with Gasteiger partial charge < -0.3 is 23.4 Å². The fourth-order valence-electron chi connectivity index (χ4n) is 4.63. The Morgan fingerprint density at radius 1 is 1.11 bits per heavy atom. The van der Waals surface area contributed by atoms with Crippen molar-refractivity contribution in [1.29, 1.82) is 0 Å². The van der Waals surface area contributed by atoms with Gasteiger partial charge in [0.15, 0.2) is 13.1 Å². The molecule has 152 valence electrons. The highest BCUT2D eigenvalue weighted by atomic mass is 28.4. The van der Waals surface area contributed by atoms with Crippen molar-refractivity contribution in [3.63, 3.8) is 0 Å². The standard InChI is InChI=1S/C21H34O5Si/c1-14(2)27(15(3)4,16(5)6)26-21-17(11-12-22)20-18(24-13-23-7)9-8-10-19(20)25-21/h8-10,12,14-17,21H,11,13H2,1-7H3. The van der Waals surface area contributed by atoms with Gasteiger partial charge in [-0.2, -0.15) is 0 Å². The molecule has 6 heteroatoms. The molecule has 0 aromatic heterocycles. The van der Waals surface area contributed by atoms with Crippen molar-refractivity contribution in [3.8, 4) is 11.5 Å². The predicted octanol–water partition coefficient (Wildman–Crippen LogP) is 5.25. The van der Waals surface area contributed by atoms with Gasteiger partial charge in [0.2, 0.25) is 8.32 Å². The number of carbonyl (C=O) groups is 1. The molecule has 0 fully saturated rings. The van der Waals surface area contributed by atoms with E-state index in [0.717, 1.165) is 17.6 Å². The molecule has 2 rings (SSSR count). The molecule has 0 radical (unpaired) electrons. The van der Waals surface area contributed by atoms with Crippen LogP contribution in [0.2, 0.25) is 16.6 Å². The lowest BCUT2D eigenvalue weighted by Gasteiger charge is -2.44. The summed E-state index contributed by atoms with van der Waals surface area (Å²) in [5, 5.41) is 0. The lowest BCUT2D eigenvalue weighted by molar-refractivity contribution is -0.109. The largest absolute Gasteiger partial charge is 0.467 e. The van der Waals surface area contributed by atoms with Crippen molar-refractivity contribution in [1.82, 2.24) is 0 Å². The number of ether oxygens (including phenoxy) is 3. The third kappa shape index (κ3) is 4.23. The Bertz CT molecular complexity index is 607. The molecule has 1 aliphatic heterocycles. The summed E-state index contributed by atoms with van der Waals surface area (Å²) in [7, 11) is -0.566. The van der Waals surface area contributed by atoms with Crippen LogP contribution in [0.15, 0.2) is 18.2 Å². The van der Waals surface area contributed by atoms with Gasteiger partial charge in [-0.3, -0.25) is 0 Å². The number of carbonyl (C=O) groups excluding carboxylic acids is 1. The highest BCUT2D eigenvalue weighted by Gasteiger charge is 2.50. The minimum Gasteiger partial charge on any atom is -0.467 e. The zero-order valence-corrected chi connectivity index (χ0v) is 18.7. The molecule has 5 nitrogen and oxygen atoms in total. The Morgan fingerprint density at radius 3 is 2.26 bits per heavy atom. The Hall–Kier alpha value is -1.37. The number of aldehydes is 1. The average molecular weight is 395 g/mol. The van der Waals surface area contributed by atoms with Crippen molar-refractivity contribution >= 4 is 14.6 Å². The zero-order valence-electron chi connectivity index (χ0n) is 17.7. The van der Waals surface area contributed by atoms with Crippen LogP contribution >= 0.6 is 0 Å². The minimum atomic E-state index is -2.15. The molecule has 0 saturated carbocycles. The molecule has 1 heterocycles. The molecule has 0 N–H and O–H groups in total. The minimum absolute atomic E-state index is 0.151. The molecule has 1 aliphatic rings. The molecule has 0 bridgehead atoms. The van der Waals surface area contributed by atoms with E-state index in [0.29, 0.717) is 28.8 Å². The van der Waals surface area contributed by atoms with Crippen LogP contribution < -0.4 is 9.47 Å². The topological polar surface area (TPSA) is 54.0 Å². The van der Waals surface area contributed by atoms with E-state index >= 15 is 0 Å². The van der Waals surface area contributed by atoms with E-state index in [-0.39, 0.29) is 12.7 Å². The molecular formula is C21H34O5Si. The molecule has 1 aromatic rings. The molecule has 0 aliphatic carbocycles. The maximum absolute atomic E-state index is 11.4. The summed E-state index contributed by atoms with van der Waals surface area (Å²) in [4.78, 5) is 11.4. The first kappa shape index (κ1) is 21.9. The van der Waals surface area contributed by atoms with E-state index in [2.05, 4.69) is 41.5 Å². The Kier molecular flexibility index (Phi) is 7.48. The quantitative estimate of drug-likeness (QED) is 0.308. The first-order valence-corrected chi connectivity index (χ1v) is 12.0. The maximum Gasteiger partial charge on any atom is 0.205 e. The SMILES string of the molecule is COCOc1cccc2c1C(CC=O)C(O[Si](C(C)C)(C(C)C)C(C)C)O2. The summed E-state index contributed by atoms with van der Waals surface area (Å²) in [6.07, 6.45) is 0.816. The molecule has 0 amide bonds. The fraction of sp³-hybridized carbons (Fsp3) is 0.667. The van der Waals surface area contributed by atoms with Crippen molar-refractivity contribution in [3.05, 3.63) is 23.8 Å². The van der Waals surface area contributed by atoms with Gasteiger partial charge in [-0.25, -0.2) is 0 Å². The van der Waals surface area contributed by atoms with E-state index in [1.807, 2.05) is 18.2 Å². The van der Waals surface area contributed by atoms with Gasteiger partial charge >= 0.3 is 0 Å². The van der Waals surface area contributed by atoms with Crippen molar-refractivity contribution in [2.24, 2.45) is 0 Å². The van der Waals surface area contributed by atoms with Crippen LogP contribution in [0.5, 0.6) is 11.5 Å². The summed E-state index contributed by atoms with van der Waals surface area (Å²) < 4.78 is 23.9. The van der Waals surface area contributed by atoms with E-state index < -0.39 is 14.6 Å². The second kappa shape index (κ2) is 9.21. The number of methoxy groups -OCH3 is 1. The molecule has 27 heavy (non-hydrogen) atoms. The number of rotatable bonds is 10. The lowest BCUT2D eigenvalue weighted by Crippen LogP contribution is -2.51. The number of hydrogen-bond donors (Lipinski definition) is 0. The van der Waals surface area contributed by atoms with Crippen molar-refractivity contribution < 1.29 is 23.4 Å². The van der Waals surface area contributed by atoms with Crippen LogP contribution in [-0.2, 0) is 14.0 Å². The molecule has 1 aromatic carbocycles. The Labute approximate surface area is 164 Å². The van der Waals surface area contributed by atoms with Crippen LogP contribution in [0, 0.1) is 0 Å². The number of benzene rings is 1. The van der Waals surface area contributed by atoms with E-state index in [9.17, 15) is 4.79 Å². The first-order valence-electron chi connectivity index (χ1n) is 9.82. The first-order chi connectivity index (χ1) is 12.8. The van der Waals surface area contributed by atoms with Gasteiger partial charge in [0.05, 0.1) is 5.92 Å². The maximum atomic E-state index is 11.4. The monoisotopic (exact) mass is 394 g/mol. The molecule has 0 spiro atoms. The van der Waals surface area contributed by atoms with Crippen LogP contribution in [0.3, 0.4) is 0 Å². The fourth-order valence-corrected chi connectivity index (χ4v) is 10.1. The van der Waals surface area contributed by atoms with Crippen molar-refractivity contribution in [2.75, 3.05) is 13.9 Å². The highest BCUT2D eigenvalue weighted by Crippen LogP contribution is 2.50. The summed E-state index contributed by atoms with van der Waals surface area (Å²) in [6.45, 7) is 13.6. The van der Waals surface area contributed by atoms with Gasteiger partial charge in [0.1, 0.15) is 17.8 Å². The summed E-state index contributed by atoms with van der Waals surface area (Å²) in [6, 6.07) is 5.70. The van der Waals surface area contributed by atoms with Crippen LogP contribution in [-0.4, -0.2) is 34.8 Å². The van der Waals surface area contributed by atoms with E-state index in [1.165, 1.54) is 0 Å². The van der Waals surface area contributed by atoms with Crippen LogP contribution in [0.1, 0.15) is 59.4 Å². The molecular weight excluding hydrogens is 360 g/mol. The normalized spacial score (nSPS) is 19.5. The molecule has 2 atom stereocenters. The average Bonchev–Trinajstić information content (AvgIpc) is 2.95. The number of hydrogen-bond acceptors (Lipinski definition) is 5. The van der Waals surface area contributed by atoms with Gasteiger partial charge in [-0.15, -0.1) is 0 Å². The molecule has 2 unspecified atom stereocenters. The summed E-state index contributed by atoms with van der Waals surface area (Å²) in [5.74, 6) is 1.26. The van der Waals surface area contributed by atoms with Gasteiger partial charge in [0.25, 0.3) is 0 Å². The smallest absolute Gasteiger partial charge is 0.205 e. The second-order valence-electron chi connectivity index (χ2n) is 8.15. The zero-order chi connectivity index (χ0) is 20.2. The van der Waals surface area contributed by atoms with Crippen LogP contribution in [0.25, 0.3) is 0 Å². The van der Waals surface area contributed by atoms with Crippen molar-refractivity contribution in [2.45, 2.75) is 76.8 Å². The van der Waals surface area contributed by atoms with Crippen LogP contribution in [0.4, 0.5) is 0 Å². The second-order valence-corrected chi connectivity index (χ2v) is 13.6. The third-order valence-corrected chi connectivity index (χ3v) is 11.7. The highest BCUT2D eigenvalue weighted by molar-refractivity contribution is 6.77. The molecule has 0 saturated heterocycles. The summed E-state index contributed by atoms with van der Waals surface area (Å²) >= 11 is 0. The Balaban J connectivity index is 2.41. The van der Waals surface area contributed by atoms with Gasteiger partial charge in [-0.05, 0) is 28.8 Å². The lowest BCUT2D eigenvalue weighted by atomic mass is 9.96. The number of fused-ring (bicyclic) bond motifs is 1. The van der Waals surface area contributed by atoms with E-state index in [4.69, 9.17) is 18.6 Å². The van der Waals surface area contributed by atoms with Gasteiger partial charge in [0, 0.05) is 19.1 Å².